The van der Waals surface area contributed by atoms with Crippen LogP contribution in [0.25, 0.3) is 0 Å². The third kappa shape index (κ3) is 4.99. The average molecular weight is 255 g/mol. The molecule has 1 heterocycles. The van der Waals surface area contributed by atoms with Gasteiger partial charge in [0, 0.05) is 10.4 Å². The lowest BCUT2D eigenvalue weighted by Gasteiger charge is -2.20. The monoisotopic (exact) mass is 255 g/mol. The Balaban J connectivity index is 2.41. The molecule has 1 aromatic heterocycles. The number of rotatable bonds is 3. The highest BCUT2D eigenvalue weighted by Crippen LogP contribution is 2.15. The Morgan fingerprint density at radius 1 is 1.35 bits per heavy atom. The van der Waals surface area contributed by atoms with Crippen LogP contribution in [0.15, 0.2) is 12.1 Å². The van der Waals surface area contributed by atoms with Gasteiger partial charge in [-0.15, -0.1) is 11.3 Å². The summed E-state index contributed by atoms with van der Waals surface area (Å²) < 4.78 is 4.91. The highest BCUT2D eigenvalue weighted by molar-refractivity contribution is 7.13. The SMILES string of the molecule is Cc1ccc(C(=O)OCC(=O)NC(C)(C)C)s1. The molecule has 1 aromatic rings. The number of carbonyl (C=O) groups excluding carboxylic acids is 2. The van der Waals surface area contributed by atoms with Crippen LogP contribution < -0.4 is 5.32 Å². The molecule has 0 atom stereocenters. The van der Waals surface area contributed by atoms with Crippen molar-refractivity contribution >= 4 is 23.2 Å². The van der Waals surface area contributed by atoms with Gasteiger partial charge in [0.25, 0.3) is 5.91 Å². The van der Waals surface area contributed by atoms with Crippen molar-refractivity contribution in [1.29, 1.82) is 0 Å². The highest BCUT2D eigenvalue weighted by Gasteiger charge is 2.16. The zero-order valence-corrected chi connectivity index (χ0v) is 11.3. The van der Waals surface area contributed by atoms with E-state index in [0.717, 1.165) is 4.88 Å². The van der Waals surface area contributed by atoms with Gasteiger partial charge in [-0.3, -0.25) is 4.79 Å². The molecule has 1 amide bonds. The predicted octanol–water partition coefficient (Wildman–Crippen LogP) is 2.13. The van der Waals surface area contributed by atoms with E-state index in [1.165, 1.54) is 11.3 Å². The fourth-order valence-electron chi connectivity index (χ4n) is 1.20. The third-order valence-corrected chi connectivity index (χ3v) is 2.77. The average Bonchev–Trinajstić information content (AvgIpc) is 2.58. The Kier molecular flexibility index (Phi) is 4.28. The van der Waals surface area contributed by atoms with E-state index >= 15 is 0 Å². The number of aryl methyl sites for hydroxylation is 1. The van der Waals surface area contributed by atoms with E-state index in [2.05, 4.69) is 5.32 Å². The summed E-state index contributed by atoms with van der Waals surface area (Å²) in [4.78, 5) is 24.5. The van der Waals surface area contributed by atoms with Crippen LogP contribution in [0.2, 0.25) is 0 Å². The molecule has 0 aliphatic rings. The Labute approximate surface area is 105 Å². The number of esters is 1. The zero-order valence-electron chi connectivity index (χ0n) is 10.5. The van der Waals surface area contributed by atoms with Crippen LogP contribution in [0.3, 0.4) is 0 Å². The van der Waals surface area contributed by atoms with Gasteiger partial charge in [0.15, 0.2) is 6.61 Å². The number of thiophene rings is 1. The summed E-state index contributed by atoms with van der Waals surface area (Å²) >= 11 is 1.35. The molecule has 0 unspecified atom stereocenters. The van der Waals surface area contributed by atoms with Crippen molar-refractivity contribution in [3.05, 3.63) is 21.9 Å². The second-order valence-corrected chi connectivity index (χ2v) is 6.07. The molecule has 17 heavy (non-hydrogen) atoms. The van der Waals surface area contributed by atoms with Crippen LogP contribution in [0.1, 0.15) is 35.3 Å². The highest BCUT2D eigenvalue weighted by atomic mass is 32.1. The fraction of sp³-hybridized carbons (Fsp3) is 0.500. The summed E-state index contributed by atoms with van der Waals surface area (Å²) in [5.41, 5.74) is -0.316. The summed E-state index contributed by atoms with van der Waals surface area (Å²) in [5, 5.41) is 2.72. The lowest BCUT2D eigenvalue weighted by molar-refractivity contribution is -0.125. The fourth-order valence-corrected chi connectivity index (χ4v) is 1.96. The molecule has 94 valence electrons. The Hall–Kier alpha value is -1.36. The van der Waals surface area contributed by atoms with Crippen molar-refractivity contribution < 1.29 is 14.3 Å². The van der Waals surface area contributed by atoms with Crippen LogP contribution in [-0.4, -0.2) is 24.0 Å². The van der Waals surface area contributed by atoms with Gasteiger partial charge in [-0.2, -0.15) is 0 Å². The topological polar surface area (TPSA) is 55.4 Å². The first kappa shape index (κ1) is 13.7. The minimum absolute atomic E-state index is 0.243. The molecule has 1 N–H and O–H groups in total. The standard InChI is InChI=1S/C12H17NO3S/c1-8-5-6-9(17-8)11(15)16-7-10(14)13-12(2,3)4/h5-6H,7H2,1-4H3,(H,13,14). The number of hydrogen-bond acceptors (Lipinski definition) is 4. The first-order valence-electron chi connectivity index (χ1n) is 5.32. The normalized spacial score (nSPS) is 11.1. The maximum atomic E-state index is 11.5. The van der Waals surface area contributed by atoms with E-state index in [4.69, 9.17) is 4.74 Å². The van der Waals surface area contributed by atoms with Crippen LogP contribution >= 0.6 is 11.3 Å². The molecule has 0 aromatic carbocycles. The minimum Gasteiger partial charge on any atom is -0.451 e. The second-order valence-electron chi connectivity index (χ2n) is 4.78. The summed E-state index contributed by atoms with van der Waals surface area (Å²) in [6, 6.07) is 3.54. The van der Waals surface area contributed by atoms with E-state index in [9.17, 15) is 9.59 Å². The predicted molar refractivity (Wildman–Crippen MR) is 67.2 cm³/mol. The summed E-state index contributed by atoms with van der Waals surface area (Å²) in [6.07, 6.45) is 0. The number of amides is 1. The molecule has 0 spiro atoms. The molecule has 0 aliphatic heterocycles. The Morgan fingerprint density at radius 3 is 2.47 bits per heavy atom. The molecular weight excluding hydrogens is 238 g/mol. The van der Waals surface area contributed by atoms with Gasteiger partial charge in [-0.25, -0.2) is 4.79 Å². The molecular formula is C12H17NO3S. The van der Waals surface area contributed by atoms with Crippen LogP contribution in [-0.2, 0) is 9.53 Å². The van der Waals surface area contributed by atoms with Crippen LogP contribution in [0, 0.1) is 6.92 Å². The van der Waals surface area contributed by atoms with E-state index in [1.807, 2.05) is 33.8 Å². The number of hydrogen-bond donors (Lipinski definition) is 1. The van der Waals surface area contributed by atoms with E-state index < -0.39 is 5.97 Å². The van der Waals surface area contributed by atoms with E-state index in [-0.39, 0.29) is 18.1 Å². The summed E-state index contributed by atoms with van der Waals surface area (Å²) in [7, 11) is 0. The van der Waals surface area contributed by atoms with Crippen molar-refractivity contribution in [3.63, 3.8) is 0 Å². The van der Waals surface area contributed by atoms with E-state index in [0.29, 0.717) is 4.88 Å². The van der Waals surface area contributed by atoms with Gasteiger partial charge >= 0.3 is 5.97 Å². The maximum Gasteiger partial charge on any atom is 0.348 e. The quantitative estimate of drug-likeness (QED) is 0.842. The number of carbonyl (C=O) groups is 2. The third-order valence-electron chi connectivity index (χ3n) is 1.79. The molecule has 0 saturated heterocycles. The van der Waals surface area contributed by atoms with E-state index in [1.54, 1.807) is 6.07 Å². The van der Waals surface area contributed by atoms with Crippen LogP contribution in [0.5, 0.6) is 0 Å². The van der Waals surface area contributed by atoms with Gasteiger partial charge in [0.1, 0.15) is 4.88 Å². The zero-order chi connectivity index (χ0) is 13.1. The maximum absolute atomic E-state index is 11.5. The summed E-state index contributed by atoms with van der Waals surface area (Å²) in [5.74, 6) is -0.744. The smallest absolute Gasteiger partial charge is 0.348 e. The Morgan fingerprint density at radius 2 is 2.00 bits per heavy atom. The minimum atomic E-state index is -0.452. The van der Waals surface area contributed by atoms with Gasteiger partial charge < -0.3 is 10.1 Å². The molecule has 0 radical (unpaired) electrons. The molecule has 1 rings (SSSR count). The van der Waals surface area contributed by atoms with Crippen molar-refractivity contribution in [1.82, 2.24) is 5.32 Å². The molecule has 5 heteroatoms. The van der Waals surface area contributed by atoms with Crippen molar-refractivity contribution in [2.75, 3.05) is 6.61 Å². The molecule has 4 nitrogen and oxygen atoms in total. The first-order chi connectivity index (χ1) is 7.78. The van der Waals surface area contributed by atoms with Crippen molar-refractivity contribution in [2.45, 2.75) is 33.2 Å². The van der Waals surface area contributed by atoms with Gasteiger partial charge in [-0.05, 0) is 39.8 Å². The number of ether oxygens (including phenoxy) is 1. The first-order valence-corrected chi connectivity index (χ1v) is 6.14. The molecule has 0 bridgehead atoms. The van der Waals surface area contributed by atoms with Crippen LogP contribution in [0.4, 0.5) is 0 Å². The lowest BCUT2D eigenvalue weighted by atomic mass is 10.1. The van der Waals surface area contributed by atoms with Gasteiger partial charge in [-0.1, -0.05) is 0 Å². The lowest BCUT2D eigenvalue weighted by Crippen LogP contribution is -2.42. The van der Waals surface area contributed by atoms with Crippen molar-refractivity contribution in [2.24, 2.45) is 0 Å². The molecule has 0 fully saturated rings. The second kappa shape index (κ2) is 5.31. The summed E-state index contributed by atoms with van der Waals surface area (Å²) in [6.45, 7) is 7.28. The Bertz CT molecular complexity index is 418. The van der Waals surface area contributed by atoms with Gasteiger partial charge in [0.05, 0.1) is 0 Å². The number of nitrogens with one attached hydrogen (secondary N) is 1. The molecule has 0 aliphatic carbocycles. The van der Waals surface area contributed by atoms with Crippen molar-refractivity contribution in [3.8, 4) is 0 Å². The molecule has 0 saturated carbocycles. The largest absolute Gasteiger partial charge is 0.451 e. The van der Waals surface area contributed by atoms with Gasteiger partial charge in [0.2, 0.25) is 0 Å².